The molecule has 1 atom stereocenters. The molecule has 0 aliphatic heterocycles. The highest BCUT2D eigenvalue weighted by atomic mass is 35.5. The molecule has 1 unspecified atom stereocenters. The van der Waals surface area contributed by atoms with E-state index in [1.165, 1.54) is 0 Å². The Labute approximate surface area is 111 Å². The quantitative estimate of drug-likeness (QED) is 0.655. The maximum atomic E-state index is 6.09. The molecule has 0 amide bonds. The molecule has 0 saturated carbocycles. The molecule has 0 saturated heterocycles. The number of nitrogens with one attached hydrogen (secondary N) is 1. The molecule has 18 heavy (non-hydrogen) atoms. The molecule has 0 spiro atoms. The number of aryl methyl sites for hydroxylation is 1. The minimum absolute atomic E-state index is 0.0157. The van der Waals surface area contributed by atoms with Crippen LogP contribution in [0.25, 0.3) is 0 Å². The van der Waals surface area contributed by atoms with Crippen LogP contribution in [0, 0.1) is 6.92 Å². The predicted molar refractivity (Wildman–Crippen MR) is 72.0 cm³/mol. The van der Waals surface area contributed by atoms with Crippen molar-refractivity contribution >= 4 is 11.6 Å². The lowest BCUT2D eigenvalue weighted by Gasteiger charge is -2.16. The summed E-state index contributed by atoms with van der Waals surface area (Å²) in [6.07, 6.45) is 5.89. The van der Waals surface area contributed by atoms with Gasteiger partial charge in [0.05, 0.1) is 11.1 Å². The fourth-order valence-electron chi connectivity index (χ4n) is 1.75. The molecule has 0 fully saturated rings. The minimum atomic E-state index is -0.0157. The Morgan fingerprint density at radius 2 is 2.17 bits per heavy atom. The van der Waals surface area contributed by atoms with Gasteiger partial charge in [0.1, 0.15) is 0 Å². The molecule has 0 aliphatic rings. The largest absolute Gasteiger partial charge is 0.271 e. The lowest BCUT2D eigenvalue weighted by atomic mass is 10.0. The lowest BCUT2D eigenvalue weighted by Crippen LogP contribution is -2.29. The van der Waals surface area contributed by atoms with Gasteiger partial charge in [-0.15, -0.1) is 0 Å². The van der Waals surface area contributed by atoms with Crippen molar-refractivity contribution in [2.24, 2.45) is 5.84 Å². The summed E-state index contributed by atoms with van der Waals surface area (Å²) in [6, 6.07) is 5.86. The third-order valence-corrected chi connectivity index (χ3v) is 3.16. The number of rotatable bonds is 4. The summed E-state index contributed by atoms with van der Waals surface area (Å²) >= 11 is 6.09. The van der Waals surface area contributed by atoms with Crippen LogP contribution in [0.2, 0.25) is 5.02 Å². The van der Waals surface area contributed by atoms with E-state index in [0.717, 1.165) is 16.8 Å². The summed E-state index contributed by atoms with van der Waals surface area (Å²) in [5.41, 5.74) is 5.82. The number of hydrogen-bond acceptors (Lipinski definition) is 4. The van der Waals surface area contributed by atoms with Crippen molar-refractivity contribution in [2.75, 3.05) is 0 Å². The van der Waals surface area contributed by atoms with Gasteiger partial charge in [-0.05, 0) is 36.6 Å². The molecule has 0 aliphatic carbocycles. The van der Waals surface area contributed by atoms with Gasteiger partial charge in [0.15, 0.2) is 0 Å². The van der Waals surface area contributed by atoms with Crippen molar-refractivity contribution in [1.82, 2.24) is 15.4 Å². The molecule has 4 nitrogen and oxygen atoms in total. The van der Waals surface area contributed by atoms with Gasteiger partial charge in [-0.1, -0.05) is 17.7 Å². The smallest absolute Gasteiger partial charge is 0.0622 e. The molecule has 0 radical (unpaired) electrons. The highest BCUT2D eigenvalue weighted by molar-refractivity contribution is 6.31. The standard InChI is InChI=1S/C13H15ClN4/c1-9-2-3-11(7-17-9)13(18-15)6-10-4-5-16-8-12(10)14/h2-5,7-8,13,18H,6,15H2,1H3. The van der Waals surface area contributed by atoms with E-state index in [0.29, 0.717) is 11.4 Å². The molecule has 5 heteroatoms. The van der Waals surface area contributed by atoms with Crippen LogP contribution in [-0.4, -0.2) is 9.97 Å². The zero-order valence-electron chi connectivity index (χ0n) is 10.1. The second kappa shape index (κ2) is 5.91. The van der Waals surface area contributed by atoms with Crippen LogP contribution in [0.5, 0.6) is 0 Å². The van der Waals surface area contributed by atoms with Gasteiger partial charge in [-0.25, -0.2) is 0 Å². The molecule has 0 aromatic carbocycles. The first kappa shape index (κ1) is 13.0. The SMILES string of the molecule is Cc1ccc(C(Cc2ccncc2Cl)NN)cn1. The topological polar surface area (TPSA) is 63.8 Å². The van der Waals surface area contributed by atoms with E-state index in [1.807, 2.05) is 31.3 Å². The maximum absolute atomic E-state index is 6.09. The molecule has 2 heterocycles. The van der Waals surface area contributed by atoms with E-state index in [1.54, 1.807) is 12.4 Å². The summed E-state index contributed by atoms with van der Waals surface area (Å²) in [7, 11) is 0. The van der Waals surface area contributed by atoms with Gasteiger partial charge in [0.25, 0.3) is 0 Å². The monoisotopic (exact) mass is 262 g/mol. The zero-order chi connectivity index (χ0) is 13.0. The molecular weight excluding hydrogens is 248 g/mol. The molecule has 2 aromatic heterocycles. The fourth-order valence-corrected chi connectivity index (χ4v) is 1.94. The Hall–Kier alpha value is -1.49. The third-order valence-electron chi connectivity index (χ3n) is 2.82. The Morgan fingerprint density at radius 1 is 1.33 bits per heavy atom. The zero-order valence-corrected chi connectivity index (χ0v) is 10.9. The molecular formula is C13H15ClN4. The number of halogens is 1. The van der Waals surface area contributed by atoms with E-state index in [2.05, 4.69) is 15.4 Å². The van der Waals surface area contributed by atoms with E-state index in [4.69, 9.17) is 17.4 Å². The van der Waals surface area contributed by atoms with E-state index >= 15 is 0 Å². The van der Waals surface area contributed by atoms with Crippen molar-refractivity contribution in [1.29, 1.82) is 0 Å². The summed E-state index contributed by atoms with van der Waals surface area (Å²) in [4.78, 5) is 8.24. The van der Waals surface area contributed by atoms with Gasteiger partial charge < -0.3 is 0 Å². The van der Waals surface area contributed by atoms with Crippen LogP contribution in [0.15, 0.2) is 36.8 Å². The highest BCUT2D eigenvalue weighted by Gasteiger charge is 2.12. The van der Waals surface area contributed by atoms with Crippen LogP contribution >= 0.6 is 11.6 Å². The molecule has 2 aromatic rings. The number of hydrogen-bond donors (Lipinski definition) is 2. The molecule has 0 bridgehead atoms. The normalized spacial score (nSPS) is 12.4. The first-order chi connectivity index (χ1) is 8.70. The Morgan fingerprint density at radius 3 is 2.78 bits per heavy atom. The number of aromatic nitrogens is 2. The Bertz CT molecular complexity index is 513. The van der Waals surface area contributed by atoms with Crippen molar-refractivity contribution in [3.05, 3.63) is 58.6 Å². The van der Waals surface area contributed by atoms with Gasteiger partial charge in [0.2, 0.25) is 0 Å². The van der Waals surface area contributed by atoms with Crippen molar-refractivity contribution in [3.63, 3.8) is 0 Å². The van der Waals surface area contributed by atoms with Gasteiger partial charge in [-0.3, -0.25) is 21.2 Å². The third kappa shape index (κ3) is 3.04. The van der Waals surface area contributed by atoms with Crippen LogP contribution in [-0.2, 0) is 6.42 Å². The predicted octanol–water partition coefficient (Wildman–Crippen LogP) is 2.19. The first-order valence-corrected chi connectivity index (χ1v) is 6.05. The summed E-state index contributed by atoms with van der Waals surface area (Å²) in [5, 5.41) is 0.651. The average molecular weight is 263 g/mol. The Balaban J connectivity index is 2.20. The summed E-state index contributed by atoms with van der Waals surface area (Å²) < 4.78 is 0. The second-order valence-corrected chi connectivity index (χ2v) is 4.53. The van der Waals surface area contributed by atoms with Crippen LogP contribution in [0.3, 0.4) is 0 Å². The maximum Gasteiger partial charge on any atom is 0.0622 e. The summed E-state index contributed by atoms with van der Waals surface area (Å²) in [6.45, 7) is 1.95. The van der Waals surface area contributed by atoms with Crippen molar-refractivity contribution < 1.29 is 0 Å². The number of pyridine rings is 2. The first-order valence-electron chi connectivity index (χ1n) is 5.68. The van der Waals surface area contributed by atoms with Gasteiger partial charge in [-0.2, -0.15) is 0 Å². The molecule has 3 N–H and O–H groups in total. The van der Waals surface area contributed by atoms with Crippen LogP contribution in [0.1, 0.15) is 22.9 Å². The van der Waals surface area contributed by atoms with E-state index < -0.39 is 0 Å². The summed E-state index contributed by atoms with van der Waals surface area (Å²) in [5.74, 6) is 5.60. The van der Waals surface area contributed by atoms with Gasteiger partial charge >= 0.3 is 0 Å². The molecule has 94 valence electrons. The Kier molecular flexibility index (Phi) is 4.25. The minimum Gasteiger partial charge on any atom is -0.271 e. The van der Waals surface area contributed by atoms with E-state index in [-0.39, 0.29) is 6.04 Å². The van der Waals surface area contributed by atoms with Crippen molar-refractivity contribution in [2.45, 2.75) is 19.4 Å². The lowest BCUT2D eigenvalue weighted by molar-refractivity contribution is 0.550. The van der Waals surface area contributed by atoms with Crippen molar-refractivity contribution in [3.8, 4) is 0 Å². The van der Waals surface area contributed by atoms with Crippen LogP contribution < -0.4 is 11.3 Å². The average Bonchev–Trinajstić information content (AvgIpc) is 2.39. The number of nitrogens with zero attached hydrogens (tertiary/aromatic N) is 2. The van der Waals surface area contributed by atoms with Crippen LogP contribution in [0.4, 0.5) is 0 Å². The second-order valence-electron chi connectivity index (χ2n) is 4.12. The number of nitrogens with two attached hydrogens (primary N) is 1. The molecule has 2 rings (SSSR count). The van der Waals surface area contributed by atoms with E-state index in [9.17, 15) is 0 Å². The number of hydrazine groups is 1. The highest BCUT2D eigenvalue weighted by Crippen LogP contribution is 2.21. The fraction of sp³-hybridized carbons (Fsp3) is 0.231. The van der Waals surface area contributed by atoms with Gasteiger partial charge in [0, 0.05) is 24.3 Å².